The van der Waals surface area contributed by atoms with E-state index in [-0.39, 0.29) is 5.97 Å². The van der Waals surface area contributed by atoms with E-state index in [2.05, 4.69) is 15.9 Å². The van der Waals surface area contributed by atoms with Gasteiger partial charge in [-0.05, 0) is 38.5 Å². The molecule has 0 bridgehead atoms. The lowest BCUT2D eigenvalue weighted by atomic mass is 9.92. The summed E-state index contributed by atoms with van der Waals surface area (Å²) in [6.07, 6.45) is 1.83. The third-order valence-electron chi connectivity index (χ3n) is 2.45. The van der Waals surface area contributed by atoms with Gasteiger partial charge in [-0.1, -0.05) is 34.1 Å². The number of anilines is 1. The highest BCUT2D eigenvalue weighted by molar-refractivity contribution is 9.15. The second-order valence-electron chi connectivity index (χ2n) is 4.56. The number of ether oxygens (including phenoxy) is 1. The summed E-state index contributed by atoms with van der Waals surface area (Å²) < 4.78 is 5.86. The fourth-order valence-electron chi connectivity index (χ4n) is 1.46. The summed E-state index contributed by atoms with van der Waals surface area (Å²) in [5.74, 6) is -0.245. The summed E-state index contributed by atoms with van der Waals surface area (Å²) in [7, 11) is 0. The molecule has 1 rings (SSSR count). The molecule has 0 saturated carbocycles. The van der Waals surface area contributed by atoms with Gasteiger partial charge in [0.05, 0.1) is 12.0 Å². The van der Waals surface area contributed by atoms with Gasteiger partial charge in [0, 0.05) is 10.2 Å². The maximum atomic E-state index is 11.8. The molecule has 0 saturated heterocycles. The van der Waals surface area contributed by atoms with Gasteiger partial charge in [0.25, 0.3) is 0 Å². The zero-order chi connectivity index (χ0) is 13.8. The molecule has 18 heavy (non-hydrogen) atoms. The van der Waals surface area contributed by atoms with Crippen LogP contribution in [-0.2, 0) is 9.53 Å². The van der Waals surface area contributed by atoms with Crippen LogP contribution in [0.15, 0.2) is 30.3 Å². The molecule has 0 unspecified atom stereocenters. The van der Waals surface area contributed by atoms with E-state index < -0.39 is 5.41 Å². The number of hydrogen-bond donors (Lipinski definition) is 1. The van der Waals surface area contributed by atoms with Crippen molar-refractivity contribution in [1.82, 2.24) is 0 Å². The van der Waals surface area contributed by atoms with Gasteiger partial charge in [0.15, 0.2) is 0 Å². The predicted octanol–water partition coefficient (Wildman–Crippen LogP) is 3.59. The molecule has 2 N–H and O–H groups in total. The van der Waals surface area contributed by atoms with Crippen molar-refractivity contribution in [2.24, 2.45) is 5.41 Å². The number of nitrogens with two attached hydrogens (primary N) is 1. The molecule has 0 atom stereocenters. The first-order valence-electron chi connectivity index (χ1n) is 5.78. The predicted molar refractivity (Wildman–Crippen MR) is 78.2 cm³/mol. The standard InChI is InChI=1S/C14H18BrNO2/c1-4-18-13(17)14(2,3)9-12(15)10-6-5-7-11(16)8-10/h5-9H,4,16H2,1-3H3/b12-9+. The molecule has 0 aliphatic rings. The van der Waals surface area contributed by atoms with E-state index in [0.717, 1.165) is 10.0 Å². The Morgan fingerprint density at radius 1 is 1.50 bits per heavy atom. The van der Waals surface area contributed by atoms with Crippen LogP contribution in [0.4, 0.5) is 5.69 Å². The van der Waals surface area contributed by atoms with Crippen LogP contribution in [0.2, 0.25) is 0 Å². The largest absolute Gasteiger partial charge is 0.465 e. The number of carbonyl (C=O) groups excluding carboxylic acids is 1. The number of esters is 1. The van der Waals surface area contributed by atoms with Crippen molar-refractivity contribution in [3.63, 3.8) is 0 Å². The van der Waals surface area contributed by atoms with Crippen molar-refractivity contribution in [3.05, 3.63) is 35.9 Å². The molecule has 3 nitrogen and oxygen atoms in total. The molecule has 1 aromatic rings. The number of benzene rings is 1. The van der Waals surface area contributed by atoms with Gasteiger partial charge < -0.3 is 10.5 Å². The van der Waals surface area contributed by atoms with Gasteiger partial charge in [0.2, 0.25) is 0 Å². The van der Waals surface area contributed by atoms with E-state index in [0.29, 0.717) is 12.3 Å². The van der Waals surface area contributed by atoms with Crippen LogP contribution in [-0.4, -0.2) is 12.6 Å². The zero-order valence-electron chi connectivity index (χ0n) is 10.9. The van der Waals surface area contributed by atoms with Crippen molar-refractivity contribution >= 4 is 32.1 Å². The summed E-state index contributed by atoms with van der Waals surface area (Å²) in [6, 6.07) is 7.47. The molecule has 0 aliphatic heterocycles. The van der Waals surface area contributed by atoms with E-state index in [9.17, 15) is 4.79 Å². The molecular formula is C14H18BrNO2. The quantitative estimate of drug-likeness (QED) is 0.683. The number of rotatable bonds is 4. The van der Waals surface area contributed by atoms with Gasteiger partial charge in [-0.3, -0.25) is 4.79 Å². The highest BCUT2D eigenvalue weighted by Crippen LogP contribution is 2.30. The first kappa shape index (κ1) is 14.8. The van der Waals surface area contributed by atoms with Gasteiger partial charge >= 0.3 is 5.97 Å². The van der Waals surface area contributed by atoms with E-state index in [1.165, 1.54) is 0 Å². The topological polar surface area (TPSA) is 52.3 Å². The Hall–Kier alpha value is -1.29. The van der Waals surface area contributed by atoms with Crippen molar-refractivity contribution in [2.75, 3.05) is 12.3 Å². The monoisotopic (exact) mass is 311 g/mol. The Morgan fingerprint density at radius 3 is 2.72 bits per heavy atom. The van der Waals surface area contributed by atoms with Crippen molar-refractivity contribution in [3.8, 4) is 0 Å². The smallest absolute Gasteiger partial charge is 0.315 e. The average molecular weight is 312 g/mol. The lowest BCUT2D eigenvalue weighted by molar-refractivity contribution is -0.150. The lowest BCUT2D eigenvalue weighted by Gasteiger charge is -2.18. The first-order chi connectivity index (χ1) is 8.36. The molecule has 0 fully saturated rings. The lowest BCUT2D eigenvalue weighted by Crippen LogP contribution is -2.24. The third kappa shape index (κ3) is 3.88. The van der Waals surface area contributed by atoms with Crippen LogP contribution < -0.4 is 5.73 Å². The molecule has 0 aliphatic carbocycles. The minimum atomic E-state index is -0.681. The maximum Gasteiger partial charge on any atom is 0.315 e. The van der Waals surface area contributed by atoms with Gasteiger partial charge in [-0.2, -0.15) is 0 Å². The molecule has 98 valence electrons. The number of carbonyl (C=O) groups is 1. The Bertz CT molecular complexity index is 467. The first-order valence-corrected chi connectivity index (χ1v) is 6.57. The Kier molecular flexibility index (Phi) is 4.96. The normalized spacial score (nSPS) is 12.3. The summed E-state index contributed by atoms with van der Waals surface area (Å²) in [6.45, 7) is 5.81. The molecule has 0 aromatic heterocycles. The molecule has 0 radical (unpaired) electrons. The SMILES string of the molecule is CCOC(=O)C(C)(C)/C=C(/Br)c1cccc(N)c1. The van der Waals surface area contributed by atoms with Crippen LogP contribution in [0, 0.1) is 5.41 Å². The number of halogens is 1. The second-order valence-corrected chi connectivity index (χ2v) is 5.41. The highest BCUT2D eigenvalue weighted by atomic mass is 79.9. The van der Waals surface area contributed by atoms with E-state index >= 15 is 0 Å². The van der Waals surface area contributed by atoms with Crippen LogP contribution in [0.25, 0.3) is 4.48 Å². The van der Waals surface area contributed by atoms with E-state index in [1.807, 2.05) is 44.2 Å². The number of hydrogen-bond acceptors (Lipinski definition) is 3. The fourth-order valence-corrected chi connectivity index (χ4v) is 2.28. The molecular weight excluding hydrogens is 294 g/mol. The summed E-state index contributed by atoms with van der Waals surface area (Å²) >= 11 is 3.47. The van der Waals surface area contributed by atoms with Crippen LogP contribution in [0.5, 0.6) is 0 Å². The molecule has 0 spiro atoms. The maximum absolute atomic E-state index is 11.8. The Balaban J connectivity index is 2.98. The highest BCUT2D eigenvalue weighted by Gasteiger charge is 2.27. The van der Waals surface area contributed by atoms with Gasteiger partial charge in [-0.15, -0.1) is 0 Å². The fraction of sp³-hybridized carbons (Fsp3) is 0.357. The molecule has 0 heterocycles. The van der Waals surface area contributed by atoms with E-state index in [4.69, 9.17) is 10.5 Å². The van der Waals surface area contributed by atoms with E-state index in [1.54, 1.807) is 6.92 Å². The zero-order valence-corrected chi connectivity index (χ0v) is 12.5. The van der Waals surface area contributed by atoms with Gasteiger partial charge in [-0.25, -0.2) is 0 Å². The minimum Gasteiger partial charge on any atom is -0.465 e. The van der Waals surface area contributed by atoms with Crippen molar-refractivity contribution in [2.45, 2.75) is 20.8 Å². The molecule has 4 heteroatoms. The van der Waals surface area contributed by atoms with Crippen LogP contribution in [0.3, 0.4) is 0 Å². The molecule has 0 amide bonds. The Morgan fingerprint density at radius 2 is 2.17 bits per heavy atom. The number of nitrogen functional groups attached to an aromatic ring is 1. The molecule has 1 aromatic carbocycles. The van der Waals surface area contributed by atoms with Gasteiger partial charge in [0.1, 0.15) is 0 Å². The average Bonchev–Trinajstić information content (AvgIpc) is 2.28. The minimum absolute atomic E-state index is 0.245. The summed E-state index contributed by atoms with van der Waals surface area (Å²) in [5.41, 5.74) is 6.67. The van der Waals surface area contributed by atoms with Crippen LogP contribution in [0.1, 0.15) is 26.3 Å². The van der Waals surface area contributed by atoms with Crippen molar-refractivity contribution < 1.29 is 9.53 Å². The Labute approximate surface area is 116 Å². The second kappa shape index (κ2) is 6.05. The summed E-state index contributed by atoms with van der Waals surface area (Å²) in [4.78, 5) is 11.8. The van der Waals surface area contributed by atoms with Crippen molar-refractivity contribution in [1.29, 1.82) is 0 Å². The third-order valence-corrected chi connectivity index (χ3v) is 3.14. The summed E-state index contributed by atoms with van der Waals surface area (Å²) in [5, 5.41) is 0. The van der Waals surface area contributed by atoms with Crippen LogP contribution >= 0.6 is 15.9 Å².